The average Bonchev–Trinajstić information content (AvgIpc) is 2.92. The molecule has 1 saturated heterocycles. The fourth-order valence-corrected chi connectivity index (χ4v) is 3.71. The number of hydrogen-bond donors (Lipinski definition) is 1. The first kappa shape index (κ1) is 16.1. The minimum atomic E-state index is -0.815. The van der Waals surface area contributed by atoms with Crippen molar-refractivity contribution < 1.29 is 19.4 Å². The molecule has 1 amide bonds. The van der Waals surface area contributed by atoms with E-state index in [4.69, 9.17) is 4.74 Å². The molecule has 2 aliphatic rings. The molecule has 120 valence electrons. The first-order valence-electron chi connectivity index (χ1n) is 7.74. The van der Waals surface area contributed by atoms with E-state index < -0.39 is 17.0 Å². The second kappa shape index (κ2) is 4.89. The highest BCUT2D eigenvalue weighted by Gasteiger charge is 2.72. The van der Waals surface area contributed by atoms with Gasteiger partial charge in [-0.3, -0.25) is 4.79 Å². The fraction of sp³-hybridized carbons (Fsp3) is 0.875. The number of carbonyl (C=O) groups excluding carboxylic acids is 1. The van der Waals surface area contributed by atoms with Gasteiger partial charge in [0.1, 0.15) is 5.60 Å². The molecule has 1 heterocycles. The van der Waals surface area contributed by atoms with Crippen LogP contribution in [0.25, 0.3) is 0 Å². The van der Waals surface area contributed by atoms with Crippen LogP contribution >= 0.6 is 0 Å². The summed E-state index contributed by atoms with van der Waals surface area (Å²) in [5.41, 5.74) is -1.64. The van der Waals surface area contributed by atoms with Gasteiger partial charge in [-0.2, -0.15) is 0 Å². The standard InChI is InChI=1S/C16H27NO4/c1-14(2,3)21-13(20)17-9-7-6-8-11(17)16(12(18)19)10-15(16,4)5/h11H,6-10H2,1-5H3,(H,18,19). The third-order valence-electron chi connectivity index (χ3n) is 4.88. The van der Waals surface area contributed by atoms with E-state index in [-0.39, 0.29) is 17.6 Å². The molecular weight excluding hydrogens is 270 g/mol. The van der Waals surface area contributed by atoms with Gasteiger partial charge in [0.15, 0.2) is 0 Å². The summed E-state index contributed by atoms with van der Waals surface area (Å²) in [5, 5.41) is 9.74. The van der Waals surface area contributed by atoms with Crippen LogP contribution in [0.4, 0.5) is 4.79 Å². The third kappa shape index (κ3) is 2.74. The molecule has 2 rings (SSSR count). The SMILES string of the molecule is CC(C)(C)OC(=O)N1CCCCC1C1(C(=O)O)CC1(C)C. The highest BCUT2D eigenvalue weighted by Crippen LogP contribution is 2.67. The summed E-state index contributed by atoms with van der Waals surface area (Å²) in [4.78, 5) is 26.0. The van der Waals surface area contributed by atoms with Gasteiger partial charge < -0.3 is 14.7 Å². The van der Waals surface area contributed by atoms with Crippen molar-refractivity contribution in [1.29, 1.82) is 0 Å². The Balaban J connectivity index is 2.24. The van der Waals surface area contributed by atoms with Crippen LogP contribution in [0.2, 0.25) is 0 Å². The van der Waals surface area contributed by atoms with Crippen LogP contribution in [-0.4, -0.2) is 40.3 Å². The van der Waals surface area contributed by atoms with Crippen molar-refractivity contribution in [1.82, 2.24) is 4.90 Å². The van der Waals surface area contributed by atoms with Gasteiger partial charge in [0.2, 0.25) is 0 Å². The van der Waals surface area contributed by atoms with E-state index >= 15 is 0 Å². The first-order chi connectivity index (χ1) is 9.51. The number of ether oxygens (including phenoxy) is 1. The van der Waals surface area contributed by atoms with Gasteiger partial charge in [0, 0.05) is 6.54 Å². The van der Waals surface area contributed by atoms with Crippen molar-refractivity contribution in [3.05, 3.63) is 0 Å². The van der Waals surface area contributed by atoms with Gasteiger partial charge in [-0.25, -0.2) is 4.79 Å². The molecule has 5 heteroatoms. The lowest BCUT2D eigenvalue weighted by molar-refractivity contribution is -0.148. The minimum Gasteiger partial charge on any atom is -0.481 e. The quantitative estimate of drug-likeness (QED) is 0.849. The third-order valence-corrected chi connectivity index (χ3v) is 4.88. The largest absolute Gasteiger partial charge is 0.481 e. The molecule has 1 aliphatic heterocycles. The smallest absolute Gasteiger partial charge is 0.410 e. The molecule has 0 aromatic carbocycles. The lowest BCUT2D eigenvalue weighted by Gasteiger charge is -2.41. The van der Waals surface area contributed by atoms with E-state index in [9.17, 15) is 14.7 Å². The Morgan fingerprint density at radius 2 is 1.81 bits per heavy atom. The maximum absolute atomic E-state index is 12.4. The Kier molecular flexibility index (Phi) is 3.75. The lowest BCUT2D eigenvalue weighted by Crippen LogP contribution is -2.53. The number of rotatable bonds is 2. The molecule has 0 aromatic rings. The zero-order valence-electron chi connectivity index (χ0n) is 13.7. The molecule has 0 spiro atoms. The van der Waals surface area contributed by atoms with Crippen molar-refractivity contribution in [3.63, 3.8) is 0 Å². The zero-order chi connectivity index (χ0) is 16.1. The number of carboxylic acid groups (broad SMARTS) is 1. The normalized spacial score (nSPS) is 31.7. The molecule has 1 saturated carbocycles. The molecule has 0 bridgehead atoms. The molecule has 1 aliphatic carbocycles. The molecule has 2 atom stereocenters. The molecule has 2 unspecified atom stereocenters. The minimum absolute atomic E-state index is 0.256. The molecule has 5 nitrogen and oxygen atoms in total. The predicted molar refractivity (Wildman–Crippen MR) is 79.0 cm³/mol. The molecular formula is C16H27NO4. The zero-order valence-corrected chi connectivity index (χ0v) is 13.7. The number of aliphatic carboxylic acids is 1. The van der Waals surface area contributed by atoms with Crippen molar-refractivity contribution in [2.24, 2.45) is 10.8 Å². The monoisotopic (exact) mass is 297 g/mol. The summed E-state index contributed by atoms with van der Waals surface area (Å²) < 4.78 is 5.47. The molecule has 21 heavy (non-hydrogen) atoms. The van der Waals surface area contributed by atoms with E-state index in [0.717, 1.165) is 19.3 Å². The van der Waals surface area contributed by atoms with Crippen molar-refractivity contribution in [2.45, 2.75) is 71.9 Å². The lowest BCUT2D eigenvalue weighted by atomic mass is 9.82. The number of piperidine rings is 1. The van der Waals surface area contributed by atoms with Crippen LogP contribution in [-0.2, 0) is 9.53 Å². The number of carboxylic acids is 1. The number of hydrogen-bond acceptors (Lipinski definition) is 3. The number of amides is 1. The van der Waals surface area contributed by atoms with Crippen LogP contribution in [0.1, 0.15) is 60.3 Å². The van der Waals surface area contributed by atoms with Crippen LogP contribution in [0.5, 0.6) is 0 Å². The molecule has 1 N–H and O–H groups in total. The summed E-state index contributed by atoms with van der Waals surface area (Å²) in [6, 6.07) is -0.256. The fourth-order valence-electron chi connectivity index (χ4n) is 3.71. The van der Waals surface area contributed by atoms with Gasteiger partial charge >= 0.3 is 12.1 Å². The first-order valence-corrected chi connectivity index (χ1v) is 7.74. The van der Waals surface area contributed by atoms with Crippen LogP contribution < -0.4 is 0 Å². The second-order valence-electron chi connectivity index (χ2n) is 8.02. The van der Waals surface area contributed by atoms with Crippen LogP contribution in [0, 0.1) is 10.8 Å². The van der Waals surface area contributed by atoms with E-state index in [1.54, 1.807) is 4.90 Å². The van der Waals surface area contributed by atoms with Crippen molar-refractivity contribution >= 4 is 12.1 Å². The summed E-state index contributed by atoms with van der Waals surface area (Å²) in [6.07, 6.45) is 2.87. The predicted octanol–water partition coefficient (Wildman–Crippen LogP) is 3.28. The van der Waals surface area contributed by atoms with E-state index in [0.29, 0.717) is 13.0 Å². The number of nitrogens with zero attached hydrogens (tertiary/aromatic N) is 1. The van der Waals surface area contributed by atoms with Crippen molar-refractivity contribution in [2.75, 3.05) is 6.54 Å². The van der Waals surface area contributed by atoms with E-state index in [1.165, 1.54) is 0 Å². The molecule has 0 aromatic heterocycles. The van der Waals surface area contributed by atoms with Gasteiger partial charge in [-0.1, -0.05) is 13.8 Å². The summed E-state index contributed by atoms with van der Waals surface area (Å²) in [7, 11) is 0. The van der Waals surface area contributed by atoms with Crippen LogP contribution in [0.15, 0.2) is 0 Å². The Hall–Kier alpha value is -1.26. The number of likely N-dealkylation sites (tertiary alicyclic amines) is 1. The Morgan fingerprint density at radius 3 is 2.24 bits per heavy atom. The Bertz CT molecular complexity index is 452. The highest BCUT2D eigenvalue weighted by atomic mass is 16.6. The van der Waals surface area contributed by atoms with Crippen LogP contribution in [0.3, 0.4) is 0 Å². The maximum atomic E-state index is 12.4. The van der Waals surface area contributed by atoms with Gasteiger partial charge in [-0.05, 0) is 51.9 Å². The average molecular weight is 297 g/mol. The van der Waals surface area contributed by atoms with E-state index in [1.807, 2.05) is 34.6 Å². The Morgan fingerprint density at radius 1 is 1.24 bits per heavy atom. The highest BCUT2D eigenvalue weighted by molar-refractivity contribution is 5.82. The molecule has 2 fully saturated rings. The summed E-state index contributed by atoms with van der Waals surface area (Å²) in [5.74, 6) is -0.784. The molecule has 0 radical (unpaired) electrons. The maximum Gasteiger partial charge on any atom is 0.410 e. The summed E-state index contributed by atoms with van der Waals surface area (Å²) >= 11 is 0. The van der Waals surface area contributed by atoms with E-state index in [2.05, 4.69) is 0 Å². The topological polar surface area (TPSA) is 66.8 Å². The number of carbonyl (C=O) groups is 2. The van der Waals surface area contributed by atoms with Crippen molar-refractivity contribution in [3.8, 4) is 0 Å². The van der Waals surface area contributed by atoms with Gasteiger partial charge in [0.25, 0.3) is 0 Å². The van der Waals surface area contributed by atoms with Gasteiger partial charge in [0.05, 0.1) is 11.5 Å². The summed E-state index contributed by atoms with van der Waals surface area (Å²) in [6.45, 7) is 10.0. The van der Waals surface area contributed by atoms with Gasteiger partial charge in [-0.15, -0.1) is 0 Å². The Labute approximate surface area is 126 Å². The second-order valence-corrected chi connectivity index (χ2v) is 8.02.